The Hall–Kier alpha value is -3.36. The van der Waals surface area contributed by atoms with Crippen molar-refractivity contribution in [2.45, 2.75) is 32.0 Å². The normalized spacial score (nSPS) is 13.4. The van der Waals surface area contributed by atoms with E-state index in [-0.39, 0.29) is 36.4 Å². The van der Waals surface area contributed by atoms with E-state index in [9.17, 15) is 27.6 Å². The molecular weight excluding hydrogens is 401 g/mol. The molecule has 6 nitrogen and oxygen atoms in total. The van der Waals surface area contributed by atoms with Crippen LogP contribution in [0, 0.1) is 0 Å². The van der Waals surface area contributed by atoms with E-state index < -0.39 is 6.36 Å². The highest BCUT2D eigenvalue weighted by Gasteiger charge is 2.34. The SMILES string of the molecule is O=C(CCCCCN1C(=O)c2ccccc2C1=O)Nc1ccc(OC(F)(F)F)cc1. The minimum Gasteiger partial charge on any atom is -0.406 e. The summed E-state index contributed by atoms with van der Waals surface area (Å²) < 4.78 is 40.2. The van der Waals surface area contributed by atoms with E-state index >= 15 is 0 Å². The van der Waals surface area contributed by atoms with Gasteiger partial charge in [0.2, 0.25) is 5.91 Å². The van der Waals surface area contributed by atoms with E-state index in [0.717, 1.165) is 12.1 Å². The number of benzene rings is 2. The third kappa shape index (κ3) is 5.37. The molecule has 0 spiro atoms. The van der Waals surface area contributed by atoms with Gasteiger partial charge in [-0.05, 0) is 49.2 Å². The van der Waals surface area contributed by atoms with Crippen molar-refractivity contribution in [2.75, 3.05) is 11.9 Å². The number of fused-ring (bicyclic) bond motifs is 1. The number of imide groups is 1. The van der Waals surface area contributed by atoms with Crippen LogP contribution in [0.1, 0.15) is 46.4 Å². The number of ether oxygens (including phenoxy) is 1. The average molecular weight is 420 g/mol. The Morgan fingerprint density at radius 2 is 1.50 bits per heavy atom. The summed E-state index contributed by atoms with van der Waals surface area (Å²) in [5.74, 6) is -1.24. The molecule has 3 rings (SSSR count). The van der Waals surface area contributed by atoms with Crippen LogP contribution in [-0.2, 0) is 4.79 Å². The number of rotatable bonds is 8. The van der Waals surface area contributed by atoms with Crippen LogP contribution >= 0.6 is 0 Å². The van der Waals surface area contributed by atoms with E-state index in [0.29, 0.717) is 36.1 Å². The van der Waals surface area contributed by atoms with Crippen LogP contribution in [0.3, 0.4) is 0 Å². The lowest BCUT2D eigenvalue weighted by Gasteiger charge is -2.13. The number of alkyl halides is 3. The summed E-state index contributed by atoms with van der Waals surface area (Å²) in [6, 6.07) is 11.5. The van der Waals surface area contributed by atoms with E-state index in [1.807, 2.05) is 0 Å². The molecule has 0 aromatic heterocycles. The minimum atomic E-state index is -4.77. The molecule has 0 unspecified atom stereocenters. The van der Waals surface area contributed by atoms with E-state index in [2.05, 4.69) is 10.1 Å². The second-order valence-corrected chi connectivity index (χ2v) is 6.74. The number of nitrogens with one attached hydrogen (secondary N) is 1. The maximum Gasteiger partial charge on any atom is 0.573 e. The summed E-state index contributed by atoms with van der Waals surface area (Å²) in [7, 11) is 0. The van der Waals surface area contributed by atoms with Gasteiger partial charge in [-0.2, -0.15) is 0 Å². The predicted molar refractivity (Wildman–Crippen MR) is 102 cm³/mol. The molecule has 0 fully saturated rings. The molecule has 0 saturated heterocycles. The maximum absolute atomic E-state index is 12.3. The summed E-state index contributed by atoms with van der Waals surface area (Å²) in [5.41, 5.74) is 1.18. The first-order valence-electron chi connectivity index (χ1n) is 9.35. The van der Waals surface area contributed by atoms with Crippen molar-refractivity contribution in [1.29, 1.82) is 0 Å². The van der Waals surface area contributed by atoms with Crippen LogP contribution in [0.2, 0.25) is 0 Å². The number of carbonyl (C=O) groups excluding carboxylic acids is 3. The highest BCUT2D eigenvalue weighted by molar-refractivity contribution is 6.21. The fourth-order valence-corrected chi connectivity index (χ4v) is 3.14. The molecule has 0 atom stereocenters. The Balaban J connectivity index is 1.37. The number of halogens is 3. The summed E-state index contributed by atoms with van der Waals surface area (Å²) in [6.07, 6.45) is -2.80. The van der Waals surface area contributed by atoms with Crippen LogP contribution in [0.25, 0.3) is 0 Å². The molecule has 3 amide bonds. The highest BCUT2D eigenvalue weighted by atomic mass is 19.4. The second-order valence-electron chi connectivity index (χ2n) is 6.74. The van der Waals surface area contributed by atoms with E-state index in [1.54, 1.807) is 24.3 Å². The van der Waals surface area contributed by atoms with Crippen molar-refractivity contribution in [3.63, 3.8) is 0 Å². The van der Waals surface area contributed by atoms with E-state index in [4.69, 9.17) is 0 Å². The number of anilines is 1. The first-order chi connectivity index (χ1) is 14.2. The Labute approximate surface area is 170 Å². The second kappa shape index (κ2) is 8.98. The monoisotopic (exact) mass is 420 g/mol. The molecule has 0 bridgehead atoms. The zero-order valence-corrected chi connectivity index (χ0v) is 15.9. The van der Waals surface area contributed by atoms with Gasteiger partial charge in [0.05, 0.1) is 11.1 Å². The largest absolute Gasteiger partial charge is 0.573 e. The molecular formula is C21H19F3N2O4. The number of unbranched alkanes of at least 4 members (excludes halogenated alkanes) is 2. The molecule has 2 aromatic rings. The van der Waals surface area contributed by atoms with Gasteiger partial charge in [0.15, 0.2) is 0 Å². The van der Waals surface area contributed by atoms with Gasteiger partial charge in [0.1, 0.15) is 5.75 Å². The molecule has 158 valence electrons. The zero-order valence-electron chi connectivity index (χ0n) is 15.9. The number of carbonyl (C=O) groups is 3. The molecule has 2 aromatic carbocycles. The van der Waals surface area contributed by atoms with Crippen LogP contribution in [0.15, 0.2) is 48.5 Å². The molecule has 1 aliphatic heterocycles. The number of hydrogen-bond donors (Lipinski definition) is 1. The van der Waals surface area contributed by atoms with Gasteiger partial charge in [0, 0.05) is 18.7 Å². The summed E-state index contributed by atoms with van der Waals surface area (Å²) in [5, 5.41) is 2.60. The summed E-state index contributed by atoms with van der Waals surface area (Å²) in [4.78, 5) is 37.7. The fourth-order valence-electron chi connectivity index (χ4n) is 3.14. The first-order valence-corrected chi connectivity index (χ1v) is 9.35. The van der Waals surface area contributed by atoms with Gasteiger partial charge in [-0.15, -0.1) is 13.2 Å². The van der Waals surface area contributed by atoms with Crippen LogP contribution in [0.4, 0.5) is 18.9 Å². The van der Waals surface area contributed by atoms with Gasteiger partial charge < -0.3 is 10.1 Å². The van der Waals surface area contributed by atoms with Gasteiger partial charge in [-0.1, -0.05) is 18.6 Å². The third-order valence-corrected chi connectivity index (χ3v) is 4.54. The molecule has 1 heterocycles. The van der Waals surface area contributed by atoms with Crippen molar-refractivity contribution in [1.82, 2.24) is 4.90 Å². The zero-order chi connectivity index (χ0) is 21.7. The highest BCUT2D eigenvalue weighted by Crippen LogP contribution is 2.24. The van der Waals surface area contributed by atoms with Crippen molar-refractivity contribution < 1.29 is 32.3 Å². The Morgan fingerprint density at radius 3 is 2.07 bits per heavy atom. The molecule has 30 heavy (non-hydrogen) atoms. The predicted octanol–water partition coefficient (Wildman–Crippen LogP) is 4.38. The molecule has 1 aliphatic rings. The maximum atomic E-state index is 12.3. The number of nitrogens with zero attached hydrogens (tertiary/aromatic N) is 1. The molecule has 9 heteroatoms. The first kappa shape index (κ1) is 21.4. The average Bonchev–Trinajstić information content (AvgIpc) is 2.93. The Bertz CT molecular complexity index is 907. The van der Waals surface area contributed by atoms with Gasteiger partial charge in [-0.3, -0.25) is 19.3 Å². The topological polar surface area (TPSA) is 75.7 Å². The lowest BCUT2D eigenvalue weighted by Crippen LogP contribution is -2.30. The lowest BCUT2D eigenvalue weighted by atomic mass is 10.1. The van der Waals surface area contributed by atoms with E-state index in [1.165, 1.54) is 17.0 Å². The van der Waals surface area contributed by atoms with Gasteiger partial charge >= 0.3 is 6.36 Å². The summed E-state index contributed by atoms with van der Waals surface area (Å²) >= 11 is 0. The standard InChI is InChI=1S/C21H19F3N2O4/c22-21(23,24)30-15-11-9-14(10-12-15)25-18(27)8-2-1-5-13-26-19(28)16-6-3-4-7-17(16)20(26)29/h3-4,6-7,9-12H,1-2,5,8,13H2,(H,25,27). The molecule has 0 saturated carbocycles. The van der Waals surface area contributed by atoms with Gasteiger partial charge in [0.25, 0.3) is 11.8 Å². The van der Waals surface area contributed by atoms with Crippen molar-refractivity contribution in [3.8, 4) is 5.75 Å². The fraction of sp³-hybridized carbons (Fsp3) is 0.286. The van der Waals surface area contributed by atoms with Crippen molar-refractivity contribution in [2.24, 2.45) is 0 Å². The number of hydrogen-bond acceptors (Lipinski definition) is 4. The van der Waals surface area contributed by atoms with Crippen LogP contribution in [-0.4, -0.2) is 35.5 Å². The van der Waals surface area contributed by atoms with Crippen molar-refractivity contribution in [3.05, 3.63) is 59.7 Å². The van der Waals surface area contributed by atoms with Crippen molar-refractivity contribution >= 4 is 23.4 Å². The number of amides is 3. The molecule has 0 aliphatic carbocycles. The smallest absolute Gasteiger partial charge is 0.406 e. The molecule has 1 N–H and O–H groups in total. The minimum absolute atomic E-state index is 0.211. The van der Waals surface area contributed by atoms with Gasteiger partial charge in [-0.25, -0.2) is 0 Å². The van der Waals surface area contributed by atoms with Crippen LogP contribution in [0.5, 0.6) is 5.75 Å². The lowest BCUT2D eigenvalue weighted by molar-refractivity contribution is -0.274. The quantitative estimate of drug-likeness (QED) is 0.508. The van der Waals surface area contributed by atoms with Crippen LogP contribution < -0.4 is 10.1 Å². The molecule has 0 radical (unpaired) electrons. The Kier molecular flexibility index (Phi) is 6.39. The Morgan fingerprint density at radius 1 is 0.900 bits per heavy atom. The summed E-state index contributed by atoms with van der Waals surface area (Å²) in [6.45, 7) is 0.286. The third-order valence-electron chi connectivity index (χ3n) is 4.54.